The van der Waals surface area contributed by atoms with Gasteiger partial charge in [-0.3, -0.25) is 14.6 Å². The van der Waals surface area contributed by atoms with E-state index in [4.69, 9.17) is 4.74 Å². The van der Waals surface area contributed by atoms with Gasteiger partial charge in [0.25, 0.3) is 0 Å². The van der Waals surface area contributed by atoms with E-state index in [1.165, 1.54) is 50.5 Å². The maximum atomic E-state index is 12.4. The van der Waals surface area contributed by atoms with Crippen molar-refractivity contribution in [1.29, 1.82) is 0 Å². The van der Waals surface area contributed by atoms with Crippen molar-refractivity contribution in [3.63, 3.8) is 0 Å². The number of ether oxygens (including phenoxy) is 1. The van der Waals surface area contributed by atoms with Gasteiger partial charge in [0.2, 0.25) is 5.91 Å². The Kier molecular flexibility index (Phi) is 7.77. The Balaban J connectivity index is 1.39. The summed E-state index contributed by atoms with van der Waals surface area (Å²) in [4.78, 5) is 17.3. The molecule has 0 radical (unpaired) electrons. The molecule has 3 aliphatic rings. The second-order valence-corrected chi connectivity index (χ2v) is 7.74. The van der Waals surface area contributed by atoms with Crippen molar-refractivity contribution < 1.29 is 9.53 Å². The molecule has 1 unspecified atom stereocenters. The van der Waals surface area contributed by atoms with E-state index in [1.54, 1.807) is 0 Å². The Labute approximate surface area is 152 Å². The van der Waals surface area contributed by atoms with Crippen LogP contribution in [0.1, 0.15) is 51.4 Å². The molecular formula is C20H35N3O2. The molecule has 25 heavy (non-hydrogen) atoms. The highest BCUT2D eigenvalue weighted by molar-refractivity contribution is 5.78. The van der Waals surface area contributed by atoms with E-state index in [0.717, 1.165) is 52.4 Å². The number of carbonyl (C=O) groups is 1. The number of carbonyl (C=O) groups excluding carboxylic acids is 1. The lowest BCUT2D eigenvalue weighted by molar-refractivity contribution is -0.123. The van der Waals surface area contributed by atoms with Gasteiger partial charge >= 0.3 is 0 Å². The van der Waals surface area contributed by atoms with Crippen LogP contribution >= 0.6 is 0 Å². The van der Waals surface area contributed by atoms with Crippen molar-refractivity contribution in [3.8, 4) is 0 Å². The van der Waals surface area contributed by atoms with Crippen molar-refractivity contribution in [3.05, 3.63) is 11.6 Å². The summed E-state index contributed by atoms with van der Waals surface area (Å²) >= 11 is 0. The smallest absolute Gasteiger partial charge is 0.234 e. The lowest BCUT2D eigenvalue weighted by Gasteiger charge is -2.39. The number of allylic oxidation sites excluding steroid dienone is 1. The van der Waals surface area contributed by atoms with Crippen LogP contribution in [0.25, 0.3) is 0 Å². The summed E-state index contributed by atoms with van der Waals surface area (Å²) in [6.45, 7) is 7.28. The fourth-order valence-electron chi connectivity index (χ4n) is 4.29. The van der Waals surface area contributed by atoms with Crippen LogP contribution in [0.4, 0.5) is 0 Å². The van der Waals surface area contributed by atoms with E-state index in [-0.39, 0.29) is 5.91 Å². The van der Waals surface area contributed by atoms with Crippen LogP contribution in [-0.2, 0) is 9.53 Å². The third-order valence-corrected chi connectivity index (χ3v) is 5.82. The summed E-state index contributed by atoms with van der Waals surface area (Å²) in [5.41, 5.74) is 1.54. The van der Waals surface area contributed by atoms with Gasteiger partial charge in [-0.15, -0.1) is 0 Å². The Hall–Kier alpha value is -0.910. The highest BCUT2D eigenvalue weighted by atomic mass is 16.5. The minimum Gasteiger partial charge on any atom is -0.379 e. The van der Waals surface area contributed by atoms with E-state index in [2.05, 4.69) is 21.2 Å². The summed E-state index contributed by atoms with van der Waals surface area (Å²) in [5.74, 6) is 0.199. The van der Waals surface area contributed by atoms with E-state index >= 15 is 0 Å². The average Bonchev–Trinajstić information content (AvgIpc) is 2.65. The molecule has 0 aromatic heterocycles. The normalized spacial score (nSPS) is 26.2. The molecule has 2 heterocycles. The standard InChI is InChI=1S/C20H35N3O2/c24-20(21-10-9-18-6-2-1-3-7-18)17-23-11-5-4-8-19(23)16-22-12-14-25-15-13-22/h6,19H,1-5,7-17H2,(H,21,24). The van der Waals surface area contributed by atoms with Gasteiger partial charge in [0.05, 0.1) is 19.8 Å². The van der Waals surface area contributed by atoms with Gasteiger partial charge in [0, 0.05) is 32.2 Å². The first-order valence-electron chi connectivity index (χ1n) is 10.3. The van der Waals surface area contributed by atoms with Crippen LogP contribution in [0.5, 0.6) is 0 Å². The summed E-state index contributed by atoms with van der Waals surface area (Å²) in [6, 6.07) is 0.527. The van der Waals surface area contributed by atoms with Gasteiger partial charge in [0.15, 0.2) is 0 Å². The Bertz CT molecular complexity index is 446. The number of nitrogens with zero attached hydrogens (tertiary/aromatic N) is 2. The van der Waals surface area contributed by atoms with Crippen LogP contribution in [0.3, 0.4) is 0 Å². The van der Waals surface area contributed by atoms with Crippen LogP contribution in [0.15, 0.2) is 11.6 Å². The SMILES string of the molecule is O=C(CN1CCCCC1CN1CCOCC1)NCCC1=CCCCC1. The number of likely N-dealkylation sites (tertiary alicyclic amines) is 1. The molecule has 3 rings (SSSR count). The summed E-state index contributed by atoms with van der Waals surface area (Å²) in [5, 5.41) is 3.15. The fraction of sp³-hybridized carbons (Fsp3) is 0.850. The van der Waals surface area contributed by atoms with Crippen LogP contribution in [0.2, 0.25) is 0 Å². The predicted octanol–water partition coefficient (Wildman–Crippen LogP) is 2.18. The van der Waals surface area contributed by atoms with Gasteiger partial charge in [0.1, 0.15) is 0 Å². The summed E-state index contributed by atoms with van der Waals surface area (Å²) in [6.07, 6.45) is 12.2. The van der Waals surface area contributed by atoms with Gasteiger partial charge in [-0.25, -0.2) is 0 Å². The highest BCUT2D eigenvalue weighted by Gasteiger charge is 2.26. The monoisotopic (exact) mass is 349 g/mol. The van der Waals surface area contributed by atoms with E-state index < -0.39 is 0 Å². The van der Waals surface area contributed by atoms with Crippen molar-refractivity contribution in [2.75, 3.05) is 52.5 Å². The lowest BCUT2D eigenvalue weighted by Crippen LogP contribution is -2.52. The molecule has 0 bridgehead atoms. The first kappa shape index (κ1) is 18.9. The molecule has 1 N–H and O–H groups in total. The van der Waals surface area contributed by atoms with E-state index in [0.29, 0.717) is 12.6 Å². The molecule has 1 aliphatic carbocycles. The maximum absolute atomic E-state index is 12.4. The number of hydrogen-bond donors (Lipinski definition) is 1. The maximum Gasteiger partial charge on any atom is 0.234 e. The zero-order valence-corrected chi connectivity index (χ0v) is 15.7. The van der Waals surface area contributed by atoms with Crippen molar-refractivity contribution >= 4 is 5.91 Å². The minimum atomic E-state index is 0.199. The van der Waals surface area contributed by atoms with E-state index in [9.17, 15) is 4.79 Å². The largest absolute Gasteiger partial charge is 0.379 e. The molecule has 142 valence electrons. The molecular weight excluding hydrogens is 314 g/mol. The first-order chi connectivity index (χ1) is 12.3. The molecule has 2 aliphatic heterocycles. The Morgan fingerprint density at radius 3 is 2.84 bits per heavy atom. The topological polar surface area (TPSA) is 44.8 Å². The molecule has 0 saturated carbocycles. The van der Waals surface area contributed by atoms with Gasteiger partial charge in [-0.1, -0.05) is 18.1 Å². The number of hydrogen-bond acceptors (Lipinski definition) is 4. The summed E-state index contributed by atoms with van der Waals surface area (Å²) < 4.78 is 5.45. The van der Waals surface area contributed by atoms with E-state index in [1.807, 2.05) is 0 Å². The number of piperidine rings is 1. The number of morpholine rings is 1. The van der Waals surface area contributed by atoms with Gasteiger partial charge < -0.3 is 10.1 Å². The Morgan fingerprint density at radius 2 is 2.04 bits per heavy atom. The minimum absolute atomic E-state index is 0.199. The quantitative estimate of drug-likeness (QED) is 0.716. The third-order valence-electron chi connectivity index (χ3n) is 5.82. The molecule has 2 fully saturated rings. The van der Waals surface area contributed by atoms with Crippen molar-refractivity contribution in [2.24, 2.45) is 0 Å². The fourth-order valence-corrected chi connectivity index (χ4v) is 4.29. The van der Waals surface area contributed by atoms with Crippen molar-refractivity contribution in [2.45, 2.75) is 57.4 Å². The molecule has 5 nitrogen and oxygen atoms in total. The zero-order chi connectivity index (χ0) is 17.3. The molecule has 0 aromatic carbocycles. The number of amides is 1. The number of nitrogens with one attached hydrogen (secondary N) is 1. The van der Waals surface area contributed by atoms with Crippen molar-refractivity contribution in [1.82, 2.24) is 15.1 Å². The Morgan fingerprint density at radius 1 is 1.16 bits per heavy atom. The average molecular weight is 350 g/mol. The van der Waals surface area contributed by atoms with Gasteiger partial charge in [-0.05, 0) is 51.5 Å². The molecule has 5 heteroatoms. The third kappa shape index (κ3) is 6.39. The highest BCUT2D eigenvalue weighted by Crippen LogP contribution is 2.20. The lowest BCUT2D eigenvalue weighted by atomic mass is 9.97. The molecule has 1 atom stereocenters. The molecule has 1 amide bonds. The molecule has 2 saturated heterocycles. The second kappa shape index (κ2) is 10.3. The molecule has 0 aromatic rings. The first-order valence-corrected chi connectivity index (χ1v) is 10.3. The predicted molar refractivity (Wildman–Crippen MR) is 101 cm³/mol. The summed E-state index contributed by atoms with van der Waals surface area (Å²) in [7, 11) is 0. The van der Waals surface area contributed by atoms with Crippen LogP contribution in [-0.4, -0.2) is 74.2 Å². The zero-order valence-electron chi connectivity index (χ0n) is 15.7. The van der Waals surface area contributed by atoms with Crippen LogP contribution in [0, 0.1) is 0 Å². The molecule has 0 spiro atoms. The van der Waals surface area contributed by atoms with Gasteiger partial charge in [-0.2, -0.15) is 0 Å². The van der Waals surface area contributed by atoms with Crippen LogP contribution < -0.4 is 5.32 Å². The second-order valence-electron chi connectivity index (χ2n) is 7.74. The number of rotatable bonds is 7.